The normalized spacial score (nSPS) is 20.6. The van der Waals surface area contributed by atoms with Crippen molar-refractivity contribution in [2.24, 2.45) is 5.92 Å². The molecule has 29 heavy (non-hydrogen) atoms. The molecule has 0 aromatic carbocycles. The lowest BCUT2D eigenvalue weighted by atomic mass is 9.94. The van der Waals surface area contributed by atoms with Crippen LogP contribution < -0.4 is 4.90 Å². The van der Waals surface area contributed by atoms with Crippen molar-refractivity contribution in [3.8, 4) is 0 Å². The van der Waals surface area contributed by atoms with E-state index in [-0.39, 0.29) is 0 Å². The van der Waals surface area contributed by atoms with Crippen LogP contribution in [0.3, 0.4) is 0 Å². The van der Waals surface area contributed by atoms with E-state index < -0.39 is 11.7 Å². The zero-order valence-corrected chi connectivity index (χ0v) is 17.6. The average Bonchev–Trinajstić information content (AvgIpc) is 2.75. The van der Waals surface area contributed by atoms with Crippen molar-refractivity contribution in [2.45, 2.75) is 77.4 Å². The number of carbonyl (C=O) groups is 1. The van der Waals surface area contributed by atoms with E-state index in [1.165, 1.54) is 38.3 Å². The highest BCUT2D eigenvalue weighted by Gasteiger charge is 2.31. The van der Waals surface area contributed by atoms with Gasteiger partial charge in [0, 0.05) is 31.9 Å². The SMILES string of the molecule is CCC1CCCN(c2cc(C(F)(F)F)ccn2)C1.CCN(C=O)C1CCCCC1. The van der Waals surface area contributed by atoms with Gasteiger partial charge >= 0.3 is 6.18 Å². The van der Waals surface area contributed by atoms with Crippen molar-refractivity contribution in [1.82, 2.24) is 9.88 Å². The maximum Gasteiger partial charge on any atom is 0.416 e. The minimum absolute atomic E-state index is 0.447. The minimum Gasteiger partial charge on any atom is -0.356 e. The number of piperidine rings is 1. The molecular formula is C22H34F3N3O. The number of carbonyl (C=O) groups excluding carboxylic acids is 1. The third kappa shape index (κ3) is 7.19. The van der Waals surface area contributed by atoms with E-state index in [9.17, 15) is 18.0 Å². The Bertz CT molecular complexity index is 618. The molecule has 7 heteroatoms. The molecule has 1 atom stereocenters. The molecule has 1 aromatic rings. The first-order valence-electron chi connectivity index (χ1n) is 10.9. The molecule has 0 radical (unpaired) electrons. The van der Waals surface area contributed by atoms with Gasteiger partial charge in [-0.15, -0.1) is 0 Å². The van der Waals surface area contributed by atoms with Crippen LogP contribution in [0.5, 0.6) is 0 Å². The van der Waals surface area contributed by atoms with Crippen LogP contribution >= 0.6 is 0 Å². The number of hydrogen-bond acceptors (Lipinski definition) is 3. The summed E-state index contributed by atoms with van der Waals surface area (Å²) in [6.07, 6.45) is 7.58. The summed E-state index contributed by atoms with van der Waals surface area (Å²) in [7, 11) is 0. The van der Waals surface area contributed by atoms with Crippen LogP contribution in [0.2, 0.25) is 0 Å². The van der Waals surface area contributed by atoms with Crippen LogP contribution in [0.25, 0.3) is 0 Å². The highest BCUT2D eigenvalue weighted by Crippen LogP contribution is 2.32. The number of aromatic nitrogens is 1. The average molecular weight is 414 g/mol. The molecule has 1 aliphatic heterocycles. The first kappa shape index (κ1) is 23.5. The summed E-state index contributed by atoms with van der Waals surface area (Å²) in [5, 5.41) is 0. The van der Waals surface area contributed by atoms with Gasteiger partial charge in [-0.05, 0) is 50.7 Å². The predicted molar refractivity (Wildman–Crippen MR) is 110 cm³/mol. The van der Waals surface area contributed by atoms with Crippen molar-refractivity contribution >= 4 is 12.2 Å². The predicted octanol–water partition coefficient (Wildman–Crippen LogP) is 5.52. The van der Waals surface area contributed by atoms with Gasteiger partial charge in [0.15, 0.2) is 0 Å². The van der Waals surface area contributed by atoms with Crippen molar-refractivity contribution in [3.05, 3.63) is 23.9 Å². The van der Waals surface area contributed by atoms with Crippen molar-refractivity contribution in [1.29, 1.82) is 0 Å². The summed E-state index contributed by atoms with van der Waals surface area (Å²) in [4.78, 5) is 18.5. The summed E-state index contributed by atoms with van der Waals surface area (Å²) in [5.41, 5.74) is -0.619. The zero-order chi connectivity index (χ0) is 21.3. The summed E-state index contributed by atoms with van der Waals surface area (Å²) in [6, 6.07) is 2.72. The van der Waals surface area contributed by atoms with Crippen molar-refractivity contribution in [2.75, 3.05) is 24.5 Å². The lowest BCUT2D eigenvalue weighted by molar-refractivity contribution is -0.137. The Morgan fingerprint density at radius 1 is 1.17 bits per heavy atom. The van der Waals surface area contributed by atoms with Gasteiger partial charge < -0.3 is 9.80 Å². The van der Waals surface area contributed by atoms with Crippen LogP contribution in [0, 0.1) is 5.92 Å². The van der Waals surface area contributed by atoms with Gasteiger partial charge in [0.2, 0.25) is 6.41 Å². The quantitative estimate of drug-likeness (QED) is 0.596. The first-order chi connectivity index (χ1) is 13.9. The fraction of sp³-hybridized carbons (Fsp3) is 0.727. The van der Waals surface area contributed by atoms with Crippen LogP contribution in [-0.2, 0) is 11.0 Å². The molecular weight excluding hydrogens is 379 g/mol. The highest BCUT2D eigenvalue weighted by atomic mass is 19.4. The second-order valence-electron chi connectivity index (χ2n) is 7.99. The van der Waals surface area contributed by atoms with Gasteiger partial charge in [0.05, 0.1) is 5.56 Å². The molecule has 0 N–H and O–H groups in total. The fourth-order valence-corrected chi connectivity index (χ4v) is 4.21. The van der Waals surface area contributed by atoms with E-state index in [4.69, 9.17) is 0 Å². The number of anilines is 1. The summed E-state index contributed by atoms with van der Waals surface area (Å²) >= 11 is 0. The second kappa shape index (κ2) is 11.4. The number of rotatable bonds is 5. The van der Waals surface area contributed by atoms with Gasteiger partial charge in [-0.2, -0.15) is 13.2 Å². The number of alkyl halides is 3. The molecule has 0 bridgehead atoms. The molecule has 4 nitrogen and oxygen atoms in total. The molecule has 0 spiro atoms. The molecule has 1 amide bonds. The molecule has 1 aliphatic carbocycles. The van der Waals surface area contributed by atoms with Gasteiger partial charge in [0.25, 0.3) is 0 Å². The van der Waals surface area contributed by atoms with Crippen LogP contribution in [0.4, 0.5) is 19.0 Å². The molecule has 3 rings (SSSR count). The van der Waals surface area contributed by atoms with E-state index in [2.05, 4.69) is 11.9 Å². The maximum atomic E-state index is 12.6. The Balaban J connectivity index is 0.000000234. The minimum atomic E-state index is -4.29. The number of hydrogen-bond donors (Lipinski definition) is 0. The number of amides is 1. The molecule has 2 aliphatic rings. The molecule has 164 valence electrons. The fourth-order valence-electron chi connectivity index (χ4n) is 4.21. The Labute approximate surface area is 172 Å². The van der Waals surface area contributed by atoms with E-state index in [1.54, 1.807) is 0 Å². The van der Waals surface area contributed by atoms with E-state index in [0.717, 1.165) is 57.4 Å². The van der Waals surface area contributed by atoms with Gasteiger partial charge in [-0.3, -0.25) is 4.79 Å². The molecule has 1 saturated heterocycles. The molecule has 1 aromatic heterocycles. The highest BCUT2D eigenvalue weighted by molar-refractivity contribution is 5.47. The molecule has 1 saturated carbocycles. The number of halogens is 3. The molecule has 1 unspecified atom stereocenters. The monoisotopic (exact) mass is 413 g/mol. The lowest BCUT2D eigenvalue weighted by Crippen LogP contribution is -2.35. The smallest absolute Gasteiger partial charge is 0.356 e. The molecule has 2 fully saturated rings. The Morgan fingerprint density at radius 3 is 2.48 bits per heavy atom. The zero-order valence-electron chi connectivity index (χ0n) is 17.6. The number of pyridine rings is 1. The van der Waals surface area contributed by atoms with Gasteiger partial charge in [-0.25, -0.2) is 4.98 Å². The standard InChI is InChI=1S/C13H17F3N2.C9H17NO/c1-2-10-4-3-7-18(9-10)12-8-11(5-6-17-12)13(14,15)16;1-2-10(8-11)9-6-4-3-5-7-9/h5-6,8,10H,2-4,7,9H2,1H3;8-9H,2-7H2,1H3. The van der Waals surface area contributed by atoms with E-state index in [0.29, 0.717) is 17.8 Å². The van der Waals surface area contributed by atoms with Crippen LogP contribution in [0.1, 0.15) is 70.8 Å². The van der Waals surface area contributed by atoms with Crippen LogP contribution in [0.15, 0.2) is 18.3 Å². The van der Waals surface area contributed by atoms with Gasteiger partial charge in [-0.1, -0.05) is 32.6 Å². The maximum absolute atomic E-state index is 12.6. The largest absolute Gasteiger partial charge is 0.416 e. The van der Waals surface area contributed by atoms with E-state index >= 15 is 0 Å². The number of nitrogens with zero attached hydrogens (tertiary/aromatic N) is 3. The third-order valence-electron chi connectivity index (χ3n) is 6.04. The Hall–Kier alpha value is -1.79. The van der Waals surface area contributed by atoms with Gasteiger partial charge in [0.1, 0.15) is 5.82 Å². The topological polar surface area (TPSA) is 36.4 Å². The van der Waals surface area contributed by atoms with Crippen molar-refractivity contribution in [3.63, 3.8) is 0 Å². The summed E-state index contributed by atoms with van der Waals surface area (Å²) in [6.45, 7) is 6.64. The van der Waals surface area contributed by atoms with Crippen LogP contribution in [-0.4, -0.2) is 42.0 Å². The first-order valence-corrected chi connectivity index (χ1v) is 10.9. The van der Waals surface area contributed by atoms with E-state index in [1.807, 2.05) is 16.7 Å². The Kier molecular flexibility index (Phi) is 9.24. The Morgan fingerprint density at radius 2 is 1.90 bits per heavy atom. The summed E-state index contributed by atoms with van der Waals surface area (Å²) < 4.78 is 37.9. The summed E-state index contributed by atoms with van der Waals surface area (Å²) in [5.74, 6) is 1.01. The van der Waals surface area contributed by atoms with Crippen molar-refractivity contribution < 1.29 is 18.0 Å². The lowest BCUT2D eigenvalue weighted by Gasteiger charge is -2.33. The second-order valence-corrected chi connectivity index (χ2v) is 7.99. The molecule has 2 heterocycles. The third-order valence-corrected chi connectivity index (χ3v) is 6.04.